The summed E-state index contributed by atoms with van der Waals surface area (Å²) in [7, 11) is 0. The van der Waals surface area contributed by atoms with E-state index in [1.54, 1.807) is 4.90 Å². The van der Waals surface area contributed by atoms with E-state index in [9.17, 15) is 31.1 Å². The Hall–Kier alpha value is -2.79. The molecule has 3 rings (SSSR count). The number of ether oxygens (including phenoxy) is 2. The molecule has 0 saturated carbocycles. The van der Waals surface area contributed by atoms with E-state index in [0.717, 1.165) is 18.4 Å². The molecule has 0 radical (unpaired) electrons. The van der Waals surface area contributed by atoms with Crippen molar-refractivity contribution in [3.63, 3.8) is 0 Å². The molecule has 37 heavy (non-hydrogen) atoms. The molecule has 0 spiro atoms. The van der Waals surface area contributed by atoms with Crippen molar-refractivity contribution in [1.29, 1.82) is 0 Å². The van der Waals surface area contributed by atoms with Crippen molar-refractivity contribution in [2.45, 2.75) is 57.2 Å². The SMILES string of the molecule is C[C@@H](OCNCC(CCc1ccccc1)OC(=O)N1CCCC1)c1cc(C(F)(F)F)cc(C(F)(F)F)c1. The molecule has 1 unspecified atom stereocenters. The minimum absolute atomic E-state index is 0.0839. The van der Waals surface area contributed by atoms with Crippen molar-refractivity contribution >= 4 is 6.09 Å². The van der Waals surface area contributed by atoms with Crippen LogP contribution in [0.15, 0.2) is 48.5 Å². The Morgan fingerprint density at radius 3 is 2.14 bits per heavy atom. The van der Waals surface area contributed by atoms with E-state index in [1.165, 1.54) is 6.92 Å². The molecule has 1 fully saturated rings. The Labute approximate surface area is 211 Å². The zero-order chi connectivity index (χ0) is 27.1. The standard InChI is InChI=1S/C26H30F6N2O3/c1-18(20-13-21(25(27,28)29)15-22(14-20)26(30,31)32)36-17-33-16-23(10-9-19-7-3-2-4-8-19)37-24(35)34-11-5-6-12-34/h2-4,7-8,13-15,18,23,33H,5-6,9-12,16-17H2,1H3/t18-,23?/m1/s1. The van der Waals surface area contributed by atoms with E-state index in [-0.39, 0.29) is 24.9 Å². The van der Waals surface area contributed by atoms with Gasteiger partial charge in [0.1, 0.15) is 6.10 Å². The average Bonchev–Trinajstić information content (AvgIpc) is 3.39. The lowest BCUT2D eigenvalue weighted by atomic mass is 10.0. The number of nitrogens with zero attached hydrogens (tertiary/aromatic N) is 1. The van der Waals surface area contributed by atoms with Gasteiger partial charge in [-0.2, -0.15) is 26.3 Å². The predicted molar refractivity (Wildman–Crippen MR) is 125 cm³/mol. The molecular weight excluding hydrogens is 502 g/mol. The summed E-state index contributed by atoms with van der Waals surface area (Å²) in [4.78, 5) is 14.1. The fraction of sp³-hybridized carbons (Fsp3) is 0.500. The number of carbonyl (C=O) groups is 1. The molecule has 5 nitrogen and oxygen atoms in total. The third-order valence-electron chi connectivity index (χ3n) is 6.12. The average molecular weight is 533 g/mol. The Bertz CT molecular complexity index is 975. The number of nitrogens with one attached hydrogen (secondary N) is 1. The second-order valence-corrected chi connectivity index (χ2v) is 8.97. The van der Waals surface area contributed by atoms with Crippen LogP contribution in [0.1, 0.15) is 54.5 Å². The Morgan fingerprint density at radius 1 is 0.973 bits per heavy atom. The third kappa shape index (κ3) is 8.92. The van der Waals surface area contributed by atoms with E-state index in [0.29, 0.717) is 38.1 Å². The van der Waals surface area contributed by atoms with Crippen molar-refractivity contribution in [3.8, 4) is 0 Å². The molecule has 1 amide bonds. The summed E-state index contributed by atoms with van der Waals surface area (Å²) in [5.74, 6) is 0. The maximum Gasteiger partial charge on any atom is 0.416 e. The topological polar surface area (TPSA) is 50.8 Å². The number of carbonyl (C=O) groups excluding carboxylic acids is 1. The van der Waals surface area contributed by atoms with Crippen LogP contribution in [-0.4, -0.2) is 43.5 Å². The van der Waals surface area contributed by atoms with Crippen molar-refractivity contribution in [3.05, 3.63) is 70.8 Å². The van der Waals surface area contributed by atoms with E-state index in [2.05, 4.69) is 5.32 Å². The van der Waals surface area contributed by atoms with Crippen LogP contribution in [0.5, 0.6) is 0 Å². The number of halogens is 6. The smallest absolute Gasteiger partial charge is 0.416 e. The van der Waals surface area contributed by atoms with Gasteiger partial charge in [0, 0.05) is 19.6 Å². The maximum atomic E-state index is 13.1. The van der Waals surface area contributed by atoms with Crippen LogP contribution < -0.4 is 5.32 Å². The van der Waals surface area contributed by atoms with Crippen LogP contribution in [0.3, 0.4) is 0 Å². The van der Waals surface area contributed by atoms with Gasteiger partial charge in [0.15, 0.2) is 0 Å². The molecule has 0 bridgehead atoms. The molecule has 0 aromatic heterocycles. The van der Waals surface area contributed by atoms with Crippen LogP contribution in [-0.2, 0) is 28.2 Å². The van der Waals surface area contributed by atoms with Gasteiger partial charge < -0.3 is 14.4 Å². The molecule has 2 aromatic rings. The van der Waals surface area contributed by atoms with Gasteiger partial charge in [0.2, 0.25) is 0 Å². The van der Waals surface area contributed by atoms with Crippen molar-refractivity contribution in [1.82, 2.24) is 10.2 Å². The summed E-state index contributed by atoms with van der Waals surface area (Å²) < 4.78 is 90.0. The van der Waals surface area contributed by atoms with Crippen LogP contribution >= 0.6 is 0 Å². The number of alkyl halides is 6. The lowest BCUT2D eigenvalue weighted by Crippen LogP contribution is -2.37. The number of hydrogen-bond acceptors (Lipinski definition) is 4. The van der Waals surface area contributed by atoms with Gasteiger partial charge in [0.25, 0.3) is 0 Å². The van der Waals surface area contributed by atoms with Crippen LogP contribution in [0.2, 0.25) is 0 Å². The maximum absolute atomic E-state index is 13.1. The molecule has 1 aliphatic rings. The largest absolute Gasteiger partial charge is 0.445 e. The van der Waals surface area contributed by atoms with Gasteiger partial charge in [-0.1, -0.05) is 30.3 Å². The van der Waals surface area contributed by atoms with Crippen LogP contribution in [0.4, 0.5) is 31.1 Å². The molecule has 1 aliphatic heterocycles. The molecule has 11 heteroatoms. The van der Waals surface area contributed by atoms with Gasteiger partial charge in [-0.25, -0.2) is 4.79 Å². The fourth-order valence-corrected chi connectivity index (χ4v) is 4.01. The quantitative estimate of drug-likeness (QED) is 0.213. The highest BCUT2D eigenvalue weighted by atomic mass is 19.4. The second kappa shape index (κ2) is 12.6. The molecule has 1 saturated heterocycles. The highest BCUT2D eigenvalue weighted by Gasteiger charge is 2.37. The van der Waals surface area contributed by atoms with Gasteiger partial charge in [-0.15, -0.1) is 0 Å². The highest BCUT2D eigenvalue weighted by molar-refractivity contribution is 5.68. The van der Waals surface area contributed by atoms with E-state index >= 15 is 0 Å². The number of rotatable bonds is 10. The fourth-order valence-electron chi connectivity index (χ4n) is 4.01. The van der Waals surface area contributed by atoms with E-state index < -0.39 is 41.8 Å². The molecule has 2 atom stereocenters. The van der Waals surface area contributed by atoms with Gasteiger partial charge >= 0.3 is 18.4 Å². The number of aryl methyl sites for hydroxylation is 1. The molecule has 1 N–H and O–H groups in total. The van der Waals surface area contributed by atoms with Crippen LogP contribution in [0, 0.1) is 0 Å². The minimum Gasteiger partial charge on any atom is -0.445 e. The van der Waals surface area contributed by atoms with Crippen LogP contribution in [0.25, 0.3) is 0 Å². The third-order valence-corrected chi connectivity index (χ3v) is 6.12. The molecule has 2 aromatic carbocycles. The van der Waals surface area contributed by atoms with Crippen molar-refractivity contribution in [2.75, 3.05) is 26.4 Å². The second-order valence-electron chi connectivity index (χ2n) is 8.97. The first kappa shape index (κ1) is 28.8. The highest BCUT2D eigenvalue weighted by Crippen LogP contribution is 2.37. The summed E-state index contributed by atoms with van der Waals surface area (Å²) in [6, 6.07) is 11.0. The zero-order valence-corrected chi connectivity index (χ0v) is 20.4. The molecular formula is C26H30F6N2O3. The predicted octanol–water partition coefficient (Wildman–Crippen LogP) is 6.58. The van der Waals surface area contributed by atoms with E-state index in [1.807, 2.05) is 30.3 Å². The van der Waals surface area contributed by atoms with E-state index in [4.69, 9.17) is 9.47 Å². The molecule has 1 heterocycles. The first-order chi connectivity index (χ1) is 17.4. The summed E-state index contributed by atoms with van der Waals surface area (Å²) in [5.41, 5.74) is -1.96. The normalized spacial score (nSPS) is 16.0. The van der Waals surface area contributed by atoms with Crippen molar-refractivity contribution in [2.24, 2.45) is 0 Å². The minimum atomic E-state index is -4.93. The number of amides is 1. The summed E-state index contributed by atoms with van der Waals surface area (Å²) >= 11 is 0. The molecule has 204 valence electrons. The Morgan fingerprint density at radius 2 is 1.57 bits per heavy atom. The Balaban J connectivity index is 1.58. The van der Waals surface area contributed by atoms with Gasteiger partial charge in [-0.3, -0.25) is 5.32 Å². The monoisotopic (exact) mass is 532 g/mol. The van der Waals surface area contributed by atoms with Gasteiger partial charge in [0.05, 0.1) is 24.0 Å². The summed E-state index contributed by atoms with van der Waals surface area (Å²) in [5, 5.41) is 2.95. The van der Waals surface area contributed by atoms with Crippen molar-refractivity contribution < 1.29 is 40.6 Å². The number of hydrogen-bond donors (Lipinski definition) is 1. The first-order valence-electron chi connectivity index (χ1n) is 12.0. The Kier molecular flexibility index (Phi) is 9.83. The lowest BCUT2D eigenvalue weighted by molar-refractivity contribution is -0.143. The lowest BCUT2D eigenvalue weighted by Gasteiger charge is -2.23. The number of likely N-dealkylation sites (tertiary alicyclic amines) is 1. The van der Waals surface area contributed by atoms with Gasteiger partial charge in [-0.05, 0) is 61.9 Å². The first-order valence-corrected chi connectivity index (χ1v) is 12.0. The summed E-state index contributed by atoms with van der Waals surface area (Å²) in [6.07, 6.45) is -8.81. The zero-order valence-electron chi connectivity index (χ0n) is 20.4. The summed E-state index contributed by atoms with van der Waals surface area (Å²) in [6.45, 7) is 2.68. The number of benzene rings is 2. The molecule has 0 aliphatic carbocycles.